The van der Waals surface area contributed by atoms with Crippen LogP contribution in [0.5, 0.6) is 0 Å². The van der Waals surface area contributed by atoms with Gasteiger partial charge in [0.15, 0.2) is 0 Å². The van der Waals surface area contributed by atoms with Crippen LogP contribution >= 0.6 is 11.8 Å². The topological polar surface area (TPSA) is 0 Å². The van der Waals surface area contributed by atoms with E-state index in [9.17, 15) is 0 Å². The minimum absolute atomic E-state index is 0.423. The third-order valence-electron chi connectivity index (χ3n) is 4.27. The van der Waals surface area contributed by atoms with Gasteiger partial charge >= 0.3 is 0 Å². The predicted molar refractivity (Wildman–Crippen MR) is 72.2 cm³/mol. The summed E-state index contributed by atoms with van der Waals surface area (Å²) < 4.78 is 0. The lowest BCUT2D eigenvalue weighted by molar-refractivity contribution is 0.250. The van der Waals surface area contributed by atoms with Crippen molar-refractivity contribution < 1.29 is 0 Å². The minimum Gasteiger partial charge on any atom is -0.130 e. The lowest BCUT2D eigenvalue weighted by Crippen LogP contribution is -2.30. The molecule has 0 spiro atoms. The van der Waals surface area contributed by atoms with E-state index in [4.69, 9.17) is 0 Å². The van der Waals surface area contributed by atoms with Gasteiger partial charge in [-0.25, -0.2) is 0 Å². The van der Waals surface area contributed by atoms with E-state index in [0.717, 1.165) is 0 Å². The zero-order valence-electron chi connectivity index (χ0n) is 11.2. The van der Waals surface area contributed by atoms with Crippen molar-refractivity contribution >= 4 is 11.8 Å². The highest BCUT2D eigenvalue weighted by Gasteiger charge is 2.38. The summed E-state index contributed by atoms with van der Waals surface area (Å²) in [6.07, 6.45) is 3.98. The third kappa shape index (κ3) is 2.43. The van der Waals surface area contributed by atoms with Crippen LogP contribution in [0.1, 0.15) is 60.8 Å². The molecule has 0 aliphatic heterocycles. The van der Waals surface area contributed by atoms with Crippen LogP contribution in [0.25, 0.3) is 0 Å². The molecule has 0 saturated carbocycles. The quantitative estimate of drug-likeness (QED) is 0.633. The monoisotopic (exact) mass is 226 g/mol. The fourth-order valence-electron chi connectivity index (χ4n) is 2.41. The van der Waals surface area contributed by atoms with Gasteiger partial charge in [0.1, 0.15) is 0 Å². The van der Waals surface area contributed by atoms with E-state index in [1.165, 1.54) is 25.0 Å². The Morgan fingerprint density at radius 1 is 1.13 bits per heavy atom. The van der Waals surface area contributed by atoms with Crippen LogP contribution in [-0.4, -0.2) is 5.75 Å². The second-order valence-corrected chi connectivity index (χ2v) is 6.96. The lowest BCUT2D eigenvalue weighted by atomic mass is 9.66. The van der Waals surface area contributed by atoms with Crippen molar-refractivity contribution in [2.75, 3.05) is 5.75 Å². The Labute approximate surface area is 99.9 Å². The maximum atomic E-state index is 2.45. The molecule has 1 aliphatic rings. The molecule has 15 heavy (non-hydrogen) atoms. The molecular formula is C14H26S. The predicted octanol–water partition coefficient (Wildman–Crippen LogP) is 5.25. The second-order valence-electron chi connectivity index (χ2n) is 5.69. The van der Waals surface area contributed by atoms with Crippen molar-refractivity contribution in [3.05, 3.63) is 10.5 Å². The largest absolute Gasteiger partial charge is 0.130 e. The molecule has 0 bridgehead atoms. The number of hydrogen-bond donors (Lipinski definition) is 0. The van der Waals surface area contributed by atoms with Gasteiger partial charge in [-0.3, -0.25) is 0 Å². The molecular weight excluding hydrogens is 200 g/mol. The van der Waals surface area contributed by atoms with Crippen LogP contribution < -0.4 is 0 Å². The number of thioether (sulfide) groups is 1. The van der Waals surface area contributed by atoms with E-state index >= 15 is 0 Å². The van der Waals surface area contributed by atoms with E-state index in [0.29, 0.717) is 10.8 Å². The Bertz CT molecular complexity index is 263. The van der Waals surface area contributed by atoms with Gasteiger partial charge in [0, 0.05) is 0 Å². The fourth-order valence-corrected chi connectivity index (χ4v) is 3.79. The van der Waals surface area contributed by atoms with Gasteiger partial charge in [0.05, 0.1) is 0 Å². The second kappa shape index (κ2) is 4.53. The zero-order chi connectivity index (χ0) is 11.7. The highest BCUT2D eigenvalue weighted by Crippen LogP contribution is 2.53. The van der Waals surface area contributed by atoms with E-state index in [1.54, 1.807) is 10.5 Å². The van der Waals surface area contributed by atoms with E-state index in [-0.39, 0.29) is 0 Å². The molecule has 1 heteroatoms. The van der Waals surface area contributed by atoms with Gasteiger partial charge in [-0.05, 0) is 47.7 Å². The molecule has 1 aliphatic carbocycles. The smallest absolute Gasteiger partial charge is 0.00181 e. The van der Waals surface area contributed by atoms with Crippen molar-refractivity contribution in [3.63, 3.8) is 0 Å². The fraction of sp³-hybridized carbons (Fsp3) is 0.857. The van der Waals surface area contributed by atoms with Crippen molar-refractivity contribution in [1.82, 2.24) is 0 Å². The van der Waals surface area contributed by atoms with E-state index in [2.05, 4.69) is 53.3 Å². The summed E-state index contributed by atoms with van der Waals surface area (Å²) >= 11 is 2.07. The molecule has 0 aromatic carbocycles. The summed E-state index contributed by atoms with van der Waals surface area (Å²) in [5.74, 6) is 1.21. The molecule has 0 fully saturated rings. The standard InChI is InChI=1S/C14H26S/c1-7-14(6)10-9-13(4,5)11(3)12(14)15-8-2/h7-10H2,1-6H3. The molecule has 88 valence electrons. The molecule has 0 nitrogen and oxygen atoms in total. The van der Waals surface area contributed by atoms with Crippen LogP contribution in [0.2, 0.25) is 0 Å². The van der Waals surface area contributed by atoms with E-state index < -0.39 is 0 Å². The van der Waals surface area contributed by atoms with Crippen molar-refractivity contribution in [2.24, 2.45) is 10.8 Å². The molecule has 0 N–H and O–H groups in total. The Kier molecular flexibility index (Phi) is 3.97. The van der Waals surface area contributed by atoms with Crippen LogP contribution in [0, 0.1) is 10.8 Å². The molecule has 1 unspecified atom stereocenters. The first-order valence-corrected chi connectivity index (χ1v) is 7.20. The maximum Gasteiger partial charge on any atom is -0.00181 e. The van der Waals surface area contributed by atoms with Crippen molar-refractivity contribution in [2.45, 2.75) is 60.8 Å². The van der Waals surface area contributed by atoms with Gasteiger partial charge in [0.2, 0.25) is 0 Å². The third-order valence-corrected chi connectivity index (χ3v) is 5.65. The Morgan fingerprint density at radius 2 is 1.73 bits per heavy atom. The van der Waals surface area contributed by atoms with Crippen LogP contribution in [-0.2, 0) is 0 Å². The molecule has 0 heterocycles. The first-order chi connectivity index (χ1) is 6.87. The van der Waals surface area contributed by atoms with Gasteiger partial charge in [-0.2, -0.15) is 0 Å². The number of rotatable bonds is 3. The van der Waals surface area contributed by atoms with Gasteiger partial charge in [0.25, 0.3) is 0 Å². The van der Waals surface area contributed by atoms with Gasteiger partial charge in [-0.1, -0.05) is 40.2 Å². The average molecular weight is 226 g/mol. The summed E-state index contributed by atoms with van der Waals surface area (Å²) in [5.41, 5.74) is 2.52. The SMILES string of the molecule is CCSC1=C(C)C(C)(C)CCC1(C)CC. The average Bonchev–Trinajstić information content (AvgIpc) is 2.20. The van der Waals surface area contributed by atoms with Crippen LogP contribution in [0.4, 0.5) is 0 Å². The number of allylic oxidation sites excluding steroid dienone is 2. The summed E-state index contributed by atoms with van der Waals surface area (Å²) in [6.45, 7) is 14.2. The van der Waals surface area contributed by atoms with Gasteiger partial charge < -0.3 is 0 Å². The van der Waals surface area contributed by atoms with Crippen molar-refractivity contribution in [3.8, 4) is 0 Å². The molecule has 1 rings (SSSR count). The maximum absolute atomic E-state index is 2.45. The van der Waals surface area contributed by atoms with Crippen LogP contribution in [0.15, 0.2) is 10.5 Å². The highest BCUT2D eigenvalue weighted by molar-refractivity contribution is 8.03. The molecule has 0 saturated heterocycles. The van der Waals surface area contributed by atoms with Crippen LogP contribution in [0.3, 0.4) is 0 Å². The molecule has 0 aromatic heterocycles. The first-order valence-electron chi connectivity index (χ1n) is 6.22. The summed E-state index contributed by atoms with van der Waals surface area (Å²) in [6, 6.07) is 0. The van der Waals surface area contributed by atoms with E-state index in [1.807, 2.05) is 0 Å². The normalized spacial score (nSPS) is 30.8. The first kappa shape index (κ1) is 13.2. The Balaban J connectivity index is 3.13. The lowest BCUT2D eigenvalue weighted by Gasteiger charge is -2.44. The van der Waals surface area contributed by atoms with Crippen molar-refractivity contribution in [1.29, 1.82) is 0 Å². The molecule has 0 amide bonds. The summed E-state index contributed by atoms with van der Waals surface area (Å²) in [7, 11) is 0. The zero-order valence-corrected chi connectivity index (χ0v) is 12.1. The van der Waals surface area contributed by atoms with Gasteiger partial charge in [-0.15, -0.1) is 11.8 Å². The summed E-state index contributed by atoms with van der Waals surface area (Å²) in [5, 5.41) is 0. The Hall–Kier alpha value is 0.0900. The highest BCUT2D eigenvalue weighted by atomic mass is 32.2. The number of hydrogen-bond acceptors (Lipinski definition) is 1. The molecule has 1 atom stereocenters. The Morgan fingerprint density at radius 3 is 2.20 bits per heavy atom. The molecule has 0 aromatic rings. The summed E-state index contributed by atoms with van der Waals surface area (Å²) in [4.78, 5) is 1.68. The molecule has 0 radical (unpaired) electrons. The minimum atomic E-state index is 0.423.